The lowest BCUT2D eigenvalue weighted by Crippen LogP contribution is -2.51. The van der Waals surface area contributed by atoms with Crippen LogP contribution in [-0.2, 0) is 6.54 Å². The smallest absolute Gasteiger partial charge is 0.253 e. The Labute approximate surface area is 132 Å². The lowest BCUT2D eigenvalue weighted by atomic mass is 10.1. The van der Waals surface area contributed by atoms with Crippen LogP contribution in [0.3, 0.4) is 0 Å². The molecule has 1 fully saturated rings. The number of nitrogen functional groups attached to an aromatic ring is 1. The van der Waals surface area contributed by atoms with Crippen molar-refractivity contribution in [3.05, 3.63) is 44.2 Å². The molecular weight excluding hydrogens is 298 g/mol. The number of piperazine rings is 1. The van der Waals surface area contributed by atoms with Crippen LogP contribution in [0, 0.1) is 0 Å². The van der Waals surface area contributed by atoms with Gasteiger partial charge in [0.1, 0.15) is 11.4 Å². The Morgan fingerprint density at radius 3 is 2.48 bits per heavy atom. The Bertz CT molecular complexity index is 817. The molecule has 0 radical (unpaired) electrons. The van der Waals surface area contributed by atoms with Gasteiger partial charge >= 0.3 is 0 Å². The van der Waals surface area contributed by atoms with E-state index in [1.54, 1.807) is 0 Å². The molecule has 7 heteroatoms. The van der Waals surface area contributed by atoms with E-state index in [1.807, 2.05) is 23.1 Å². The number of nitrogens with two attached hydrogens (primary N) is 1. The van der Waals surface area contributed by atoms with Crippen molar-refractivity contribution < 1.29 is 9.47 Å². The fourth-order valence-electron chi connectivity index (χ4n) is 3.14. The van der Waals surface area contributed by atoms with Gasteiger partial charge in [0, 0.05) is 32.7 Å². The topological polar surface area (TPSA) is 85.1 Å². The number of rotatable bonds is 3. The fraction of sp³-hybridized carbons (Fsp3) is 0.375. The van der Waals surface area contributed by atoms with Crippen LogP contribution in [0.1, 0.15) is 5.56 Å². The third-order valence-electron chi connectivity index (χ3n) is 4.45. The molecule has 0 saturated carbocycles. The first-order valence-corrected chi connectivity index (χ1v) is 7.58. The second-order valence-electron chi connectivity index (χ2n) is 5.87. The van der Waals surface area contributed by atoms with E-state index in [4.69, 9.17) is 15.2 Å². The second-order valence-corrected chi connectivity index (χ2v) is 5.87. The molecule has 120 valence electrons. The Balaban J connectivity index is 1.39. The summed E-state index contributed by atoms with van der Waals surface area (Å²) in [4.78, 5) is 27.0. The zero-order valence-corrected chi connectivity index (χ0v) is 12.6. The summed E-state index contributed by atoms with van der Waals surface area (Å²) < 4.78 is 10.7. The Hall–Kier alpha value is -2.54. The van der Waals surface area contributed by atoms with E-state index in [-0.39, 0.29) is 12.5 Å². The van der Waals surface area contributed by atoms with Crippen LogP contribution in [0.5, 0.6) is 11.5 Å². The van der Waals surface area contributed by atoms with Crippen molar-refractivity contribution in [2.24, 2.45) is 0 Å². The van der Waals surface area contributed by atoms with Gasteiger partial charge in [-0.1, -0.05) is 6.07 Å². The lowest BCUT2D eigenvalue weighted by molar-refractivity contribution is 0.174. The van der Waals surface area contributed by atoms with Crippen LogP contribution in [0.2, 0.25) is 0 Å². The lowest BCUT2D eigenvalue weighted by Gasteiger charge is -2.36. The highest BCUT2D eigenvalue weighted by Crippen LogP contribution is 2.33. The van der Waals surface area contributed by atoms with Gasteiger partial charge in [-0.25, -0.2) is 0 Å². The van der Waals surface area contributed by atoms with Crippen LogP contribution >= 0.6 is 0 Å². The number of nitrogens with zero attached hydrogens (tertiary/aromatic N) is 2. The molecule has 0 spiro atoms. The molecule has 2 N–H and O–H groups in total. The molecule has 23 heavy (non-hydrogen) atoms. The van der Waals surface area contributed by atoms with Crippen molar-refractivity contribution in [2.75, 3.05) is 43.6 Å². The van der Waals surface area contributed by atoms with E-state index < -0.39 is 10.9 Å². The van der Waals surface area contributed by atoms with Gasteiger partial charge in [0.05, 0.1) is 0 Å². The molecule has 0 aliphatic carbocycles. The summed E-state index contributed by atoms with van der Waals surface area (Å²) in [6, 6.07) is 5.97. The van der Waals surface area contributed by atoms with Gasteiger partial charge in [-0.05, 0) is 17.7 Å². The van der Waals surface area contributed by atoms with E-state index in [0.29, 0.717) is 18.8 Å². The van der Waals surface area contributed by atoms with Gasteiger partial charge in [-0.3, -0.25) is 14.5 Å². The van der Waals surface area contributed by atoms with Crippen molar-refractivity contribution in [1.82, 2.24) is 4.90 Å². The molecule has 1 saturated heterocycles. The van der Waals surface area contributed by atoms with Gasteiger partial charge < -0.3 is 20.1 Å². The van der Waals surface area contributed by atoms with Gasteiger partial charge in [-0.2, -0.15) is 0 Å². The highest BCUT2D eigenvalue weighted by atomic mass is 16.7. The molecule has 2 aromatic rings. The molecule has 4 rings (SSSR count). The monoisotopic (exact) mass is 315 g/mol. The van der Waals surface area contributed by atoms with Crippen molar-refractivity contribution in [3.63, 3.8) is 0 Å². The molecule has 0 atom stereocenters. The minimum absolute atomic E-state index is 0.110. The number of ether oxygens (including phenoxy) is 2. The van der Waals surface area contributed by atoms with Crippen LogP contribution in [0.15, 0.2) is 27.8 Å². The summed E-state index contributed by atoms with van der Waals surface area (Å²) in [6.45, 7) is 4.10. The summed E-state index contributed by atoms with van der Waals surface area (Å²) in [7, 11) is 0. The summed E-state index contributed by atoms with van der Waals surface area (Å²) >= 11 is 0. The largest absolute Gasteiger partial charge is 0.454 e. The normalized spacial score (nSPS) is 17.8. The molecule has 7 nitrogen and oxygen atoms in total. The summed E-state index contributed by atoms with van der Waals surface area (Å²) in [5.74, 6) is 1.58. The molecule has 0 aromatic heterocycles. The first kappa shape index (κ1) is 14.1. The Morgan fingerprint density at radius 2 is 1.74 bits per heavy atom. The number of hydrogen-bond acceptors (Lipinski definition) is 7. The van der Waals surface area contributed by atoms with Crippen molar-refractivity contribution in [2.45, 2.75) is 6.54 Å². The third-order valence-corrected chi connectivity index (χ3v) is 4.45. The zero-order valence-electron chi connectivity index (χ0n) is 12.6. The number of hydrogen-bond donors (Lipinski definition) is 1. The Kier molecular flexibility index (Phi) is 3.23. The summed E-state index contributed by atoms with van der Waals surface area (Å²) in [6.07, 6.45) is 0. The van der Waals surface area contributed by atoms with Gasteiger partial charge in [0.2, 0.25) is 6.79 Å². The molecular formula is C16H17N3O4. The van der Waals surface area contributed by atoms with Crippen LogP contribution in [0.25, 0.3) is 0 Å². The van der Waals surface area contributed by atoms with Crippen molar-refractivity contribution >= 4 is 11.4 Å². The molecule has 2 heterocycles. The maximum atomic E-state index is 11.6. The summed E-state index contributed by atoms with van der Waals surface area (Å²) in [5, 5.41) is 0. The average Bonchev–Trinajstić information content (AvgIpc) is 3.04. The highest BCUT2D eigenvalue weighted by molar-refractivity contribution is 5.72. The molecule has 0 unspecified atom stereocenters. The molecule has 2 aliphatic rings. The van der Waals surface area contributed by atoms with E-state index in [9.17, 15) is 9.59 Å². The molecule has 0 amide bonds. The standard InChI is InChI=1S/C16H17N3O4/c17-13-14(16(21)15(13)20)19-5-3-18(4-6-19)8-10-1-2-11-12(7-10)23-9-22-11/h1-2,7H,3-6,8-9,17H2. The minimum atomic E-state index is -0.553. The van der Waals surface area contributed by atoms with Gasteiger partial charge in [-0.15, -0.1) is 0 Å². The summed E-state index contributed by atoms with van der Waals surface area (Å²) in [5.41, 5.74) is 6.30. The predicted molar refractivity (Wildman–Crippen MR) is 85.8 cm³/mol. The van der Waals surface area contributed by atoms with E-state index in [1.165, 1.54) is 0 Å². The predicted octanol–water partition coefficient (Wildman–Crippen LogP) is -0.0843. The first-order chi connectivity index (χ1) is 11.1. The molecule has 2 aromatic carbocycles. The third kappa shape index (κ3) is 2.33. The molecule has 2 aliphatic heterocycles. The van der Waals surface area contributed by atoms with Gasteiger partial charge in [0.25, 0.3) is 10.9 Å². The van der Waals surface area contributed by atoms with E-state index in [0.717, 1.165) is 36.7 Å². The van der Waals surface area contributed by atoms with E-state index >= 15 is 0 Å². The van der Waals surface area contributed by atoms with Crippen LogP contribution < -0.4 is 31.0 Å². The maximum Gasteiger partial charge on any atom is 0.253 e. The van der Waals surface area contributed by atoms with Crippen LogP contribution in [-0.4, -0.2) is 37.9 Å². The van der Waals surface area contributed by atoms with Crippen molar-refractivity contribution in [1.29, 1.82) is 0 Å². The average molecular weight is 315 g/mol. The zero-order chi connectivity index (χ0) is 16.0. The minimum Gasteiger partial charge on any atom is -0.454 e. The maximum absolute atomic E-state index is 11.6. The Morgan fingerprint density at radius 1 is 1.00 bits per heavy atom. The van der Waals surface area contributed by atoms with Gasteiger partial charge in [0.15, 0.2) is 11.5 Å². The first-order valence-electron chi connectivity index (χ1n) is 7.58. The number of fused-ring (bicyclic) bond motifs is 1. The quantitative estimate of drug-likeness (QED) is 0.793. The molecule has 0 bridgehead atoms. The van der Waals surface area contributed by atoms with E-state index in [2.05, 4.69) is 4.90 Å². The second kappa shape index (κ2) is 5.27. The number of benzene rings is 1. The van der Waals surface area contributed by atoms with Crippen LogP contribution in [0.4, 0.5) is 11.4 Å². The highest BCUT2D eigenvalue weighted by Gasteiger charge is 2.27. The number of anilines is 2. The SMILES string of the molecule is Nc1c(N2CCN(Cc3ccc4c(c3)OCO4)CC2)c(=O)c1=O. The fourth-order valence-corrected chi connectivity index (χ4v) is 3.14. The van der Waals surface area contributed by atoms with Crippen molar-refractivity contribution in [3.8, 4) is 11.5 Å².